The molecule has 0 spiro atoms. The predicted octanol–water partition coefficient (Wildman–Crippen LogP) is 1.81. The third-order valence-corrected chi connectivity index (χ3v) is 7.41. The Morgan fingerprint density at radius 3 is 2.77 bits per heavy atom. The summed E-state index contributed by atoms with van der Waals surface area (Å²) >= 11 is 0. The lowest BCUT2D eigenvalue weighted by Crippen LogP contribution is -2.49. The van der Waals surface area contributed by atoms with E-state index in [4.69, 9.17) is 0 Å². The molecule has 2 heterocycles. The minimum atomic E-state index is -3.60. The number of hydrogen-bond acceptors (Lipinski definition) is 4. The van der Waals surface area contributed by atoms with Crippen LogP contribution in [0.4, 0.5) is 0 Å². The van der Waals surface area contributed by atoms with E-state index >= 15 is 0 Å². The summed E-state index contributed by atoms with van der Waals surface area (Å²) in [5.74, 6) is 1.93. The van der Waals surface area contributed by atoms with Crippen LogP contribution in [0.2, 0.25) is 0 Å². The van der Waals surface area contributed by atoms with Gasteiger partial charge in [0, 0.05) is 11.7 Å². The molecule has 6 rings (SSSR count). The fraction of sp³-hybridized carbons (Fsp3) is 0.600. The Morgan fingerprint density at radius 1 is 1.23 bits per heavy atom. The summed E-state index contributed by atoms with van der Waals surface area (Å²) in [6, 6.07) is 3.48. The SMILES string of the molecule is O=S(=O)(NC12CC3CC(CC1C3)C2)c1[nH]nc2ncccc12. The van der Waals surface area contributed by atoms with Crippen LogP contribution in [-0.2, 0) is 10.0 Å². The molecular weight excluding hydrogens is 300 g/mol. The van der Waals surface area contributed by atoms with Gasteiger partial charge in [0.2, 0.25) is 0 Å². The molecule has 4 fully saturated rings. The fourth-order valence-corrected chi connectivity index (χ4v) is 6.90. The van der Waals surface area contributed by atoms with Gasteiger partial charge in [0.05, 0.1) is 5.39 Å². The molecule has 4 aliphatic rings. The second kappa shape index (κ2) is 4.08. The van der Waals surface area contributed by atoms with Gasteiger partial charge in [0.1, 0.15) is 0 Å². The molecule has 0 aromatic carbocycles. The highest BCUT2D eigenvalue weighted by molar-refractivity contribution is 7.89. The Morgan fingerprint density at radius 2 is 2.00 bits per heavy atom. The zero-order valence-corrected chi connectivity index (χ0v) is 12.9. The summed E-state index contributed by atoms with van der Waals surface area (Å²) in [6.45, 7) is 0. The Hall–Kier alpha value is -1.47. The molecule has 0 amide bonds. The zero-order valence-electron chi connectivity index (χ0n) is 12.1. The van der Waals surface area contributed by atoms with Crippen LogP contribution in [0.3, 0.4) is 0 Å². The Balaban J connectivity index is 1.55. The Kier molecular flexibility index (Phi) is 2.41. The lowest BCUT2D eigenvalue weighted by molar-refractivity contribution is 0.257. The van der Waals surface area contributed by atoms with Crippen molar-refractivity contribution in [3.8, 4) is 0 Å². The van der Waals surface area contributed by atoms with Crippen LogP contribution < -0.4 is 4.72 Å². The van der Waals surface area contributed by atoms with Crippen molar-refractivity contribution in [1.29, 1.82) is 0 Å². The number of H-pyrrole nitrogens is 1. The first-order valence-corrected chi connectivity index (χ1v) is 9.37. The maximum absolute atomic E-state index is 12.9. The first kappa shape index (κ1) is 13.0. The third-order valence-electron chi connectivity index (χ3n) is 5.89. The van der Waals surface area contributed by atoms with Crippen molar-refractivity contribution in [2.45, 2.75) is 42.7 Å². The van der Waals surface area contributed by atoms with E-state index in [0.29, 0.717) is 28.8 Å². The molecule has 0 saturated heterocycles. The predicted molar refractivity (Wildman–Crippen MR) is 80.5 cm³/mol. The van der Waals surface area contributed by atoms with Gasteiger partial charge in [-0.1, -0.05) is 0 Å². The molecule has 2 atom stereocenters. The lowest BCUT2D eigenvalue weighted by Gasteiger charge is -2.33. The normalized spacial score (nSPS) is 36.5. The van der Waals surface area contributed by atoms with Crippen molar-refractivity contribution < 1.29 is 8.42 Å². The van der Waals surface area contributed by atoms with Crippen LogP contribution in [0.15, 0.2) is 23.4 Å². The highest BCUT2D eigenvalue weighted by atomic mass is 32.2. The van der Waals surface area contributed by atoms with Crippen LogP contribution in [0.25, 0.3) is 11.0 Å². The largest absolute Gasteiger partial charge is 0.263 e. The number of fused-ring (bicyclic) bond motifs is 1. The second-order valence-electron chi connectivity index (χ2n) is 7.23. The van der Waals surface area contributed by atoms with E-state index in [1.54, 1.807) is 18.3 Å². The molecule has 0 radical (unpaired) electrons. The molecule has 116 valence electrons. The van der Waals surface area contributed by atoms with E-state index in [9.17, 15) is 8.42 Å². The highest BCUT2D eigenvalue weighted by Gasteiger charge is 2.59. The van der Waals surface area contributed by atoms with E-state index < -0.39 is 10.0 Å². The van der Waals surface area contributed by atoms with E-state index in [-0.39, 0.29) is 10.6 Å². The molecule has 2 aromatic rings. The van der Waals surface area contributed by atoms with E-state index in [2.05, 4.69) is 19.9 Å². The zero-order chi connectivity index (χ0) is 14.9. The summed E-state index contributed by atoms with van der Waals surface area (Å²) in [7, 11) is -3.60. The van der Waals surface area contributed by atoms with Crippen molar-refractivity contribution in [2.75, 3.05) is 0 Å². The van der Waals surface area contributed by atoms with Crippen LogP contribution in [0, 0.1) is 17.8 Å². The van der Waals surface area contributed by atoms with Gasteiger partial charge in [0.15, 0.2) is 10.7 Å². The van der Waals surface area contributed by atoms with Gasteiger partial charge in [-0.3, -0.25) is 5.10 Å². The second-order valence-corrected chi connectivity index (χ2v) is 8.85. The molecule has 22 heavy (non-hydrogen) atoms. The average Bonchev–Trinajstić information content (AvgIpc) is 3.05. The van der Waals surface area contributed by atoms with E-state index in [1.807, 2.05) is 0 Å². The quantitative estimate of drug-likeness (QED) is 0.903. The number of aromatic amines is 1. The number of aromatic nitrogens is 3. The van der Waals surface area contributed by atoms with Crippen LogP contribution in [-0.4, -0.2) is 29.1 Å². The third kappa shape index (κ3) is 1.66. The summed E-state index contributed by atoms with van der Waals surface area (Å²) in [4.78, 5) is 4.10. The fourth-order valence-electron chi connectivity index (χ4n) is 5.31. The van der Waals surface area contributed by atoms with Gasteiger partial charge in [-0.05, 0) is 62.0 Å². The smallest absolute Gasteiger partial charge is 0.258 e. The van der Waals surface area contributed by atoms with Gasteiger partial charge < -0.3 is 0 Å². The number of nitrogens with one attached hydrogen (secondary N) is 2. The first-order chi connectivity index (χ1) is 10.6. The number of pyridine rings is 1. The minimum absolute atomic E-state index is 0.149. The molecule has 2 aromatic heterocycles. The van der Waals surface area contributed by atoms with Gasteiger partial charge in [-0.15, -0.1) is 0 Å². The van der Waals surface area contributed by atoms with Crippen molar-refractivity contribution in [3.63, 3.8) is 0 Å². The lowest BCUT2D eigenvalue weighted by atomic mass is 9.81. The Bertz CT molecular complexity index is 845. The van der Waals surface area contributed by atoms with E-state index in [1.165, 1.54) is 19.3 Å². The molecule has 4 bridgehead atoms. The molecule has 4 saturated carbocycles. The van der Waals surface area contributed by atoms with Crippen molar-refractivity contribution in [1.82, 2.24) is 19.9 Å². The van der Waals surface area contributed by atoms with Crippen molar-refractivity contribution in [2.24, 2.45) is 17.8 Å². The van der Waals surface area contributed by atoms with Crippen molar-refractivity contribution in [3.05, 3.63) is 18.3 Å². The molecule has 7 heteroatoms. The highest BCUT2D eigenvalue weighted by Crippen LogP contribution is 2.60. The molecule has 2 N–H and O–H groups in total. The summed E-state index contributed by atoms with van der Waals surface area (Å²) in [5, 5.41) is 7.38. The summed E-state index contributed by atoms with van der Waals surface area (Å²) in [6.07, 6.45) is 7.27. The van der Waals surface area contributed by atoms with Crippen LogP contribution >= 0.6 is 0 Å². The van der Waals surface area contributed by atoms with Crippen LogP contribution in [0.1, 0.15) is 32.1 Å². The van der Waals surface area contributed by atoms with Gasteiger partial charge in [-0.2, -0.15) is 5.10 Å². The Labute approximate surface area is 128 Å². The standard InChI is InChI=1S/C15H18N4O2S/c20-22(21,14-12-2-1-3-16-13(12)17-18-14)19-15-7-9-4-10(8-15)6-11(15)5-9/h1-3,9-11,19H,4-8H2,(H,16,17,18). The molecule has 6 nitrogen and oxygen atoms in total. The molecule has 0 aliphatic heterocycles. The minimum Gasteiger partial charge on any atom is -0.263 e. The number of rotatable bonds is 3. The number of hydrogen-bond donors (Lipinski definition) is 2. The van der Waals surface area contributed by atoms with Gasteiger partial charge in [0.25, 0.3) is 10.0 Å². The van der Waals surface area contributed by atoms with Gasteiger partial charge in [-0.25, -0.2) is 18.1 Å². The molecular formula is C15H18N4O2S. The first-order valence-electron chi connectivity index (χ1n) is 7.89. The van der Waals surface area contributed by atoms with Gasteiger partial charge >= 0.3 is 0 Å². The van der Waals surface area contributed by atoms with E-state index in [0.717, 1.165) is 12.8 Å². The topological polar surface area (TPSA) is 87.7 Å². The summed E-state index contributed by atoms with van der Waals surface area (Å²) in [5.41, 5.74) is 0.226. The average molecular weight is 318 g/mol. The number of sulfonamides is 1. The number of nitrogens with zero attached hydrogens (tertiary/aromatic N) is 2. The van der Waals surface area contributed by atoms with Crippen LogP contribution in [0.5, 0.6) is 0 Å². The maximum atomic E-state index is 12.9. The molecule has 2 unspecified atom stereocenters. The summed E-state index contributed by atoms with van der Waals surface area (Å²) < 4.78 is 28.9. The maximum Gasteiger partial charge on any atom is 0.258 e. The monoisotopic (exact) mass is 318 g/mol. The molecule has 4 aliphatic carbocycles. The van der Waals surface area contributed by atoms with Crippen molar-refractivity contribution >= 4 is 21.1 Å².